The minimum Gasteiger partial charge on any atom is -0.264 e. The van der Waals surface area contributed by atoms with Gasteiger partial charge in [-0.15, -0.1) is 0 Å². The first-order valence-electron chi connectivity index (χ1n) is 8.04. The van der Waals surface area contributed by atoms with Gasteiger partial charge in [0.05, 0.1) is 5.57 Å². The summed E-state index contributed by atoms with van der Waals surface area (Å²) in [4.78, 5) is 0.0262. The molecule has 0 saturated heterocycles. The Labute approximate surface area is 162 Å². The smallest absolute Gasteiger partial charge is 0.264 e. The lowest BCUT2D eigenvalue weighted by Gasteiger charge is -2.07. The van der Waals surface area contributed by atoms with Crippen molar-refractivity contribution in [1.82, 2.24) is 0 Å². The van der Waals surface area contributed by atoms with Gasteiger partial charge in [0.25, 0.3) is 0 Å². The van der Waals surface area contributed by atoms with E-state index in [1.165, 1.54) is 23.9 Å². The molecule has 0 aromatic heterocycles. The highest BCUT2D eigenvalue weighted by Gasteiger charge is 2.21. The average Bonchev–Trinajstić information content (AvgIpc) is 3.11. The zero-order valence-corrected chi connectivity index (χ0v) is 16.3. The summed E-state index contributed by atoms with van der Waals surface area (Å²) < 4.78 is 29.5. The lowest BCUT2D eigenvalue weighted by Crippen LogP contribution is -2.05. The largest absolute Gasteiger partial charge is 0.358 e. The first-order chi connectivity index (χ1) is 12.9. The molecule has 1 aliphatic heterocycles. The summed E-state index contributed by atoms with van der Waals surface area (Å²) in [5, 5.41) is 15.5. The summed E-state index contributed by atoms with van der Waals surface area (Å²) in [6.45, 7) is 3.78. The lowest BCUT2D eigenvalue weighted by molar-refractivity contribution is 0.340. The van der Waals surface area contributed by atoms with Crippen LogP contribution in [-0.2, 0) is 14.4 Å². The number of hydrogen-bond donors (Lipinski definition) is 0. The van der Waals surface area contributed by atoms with E-state index in [1.807, 2.05) is 38.1 Å². The van der Waals surface area contributed by atoms with Crippen LogP contribution < -0.4 is 0 Å². The fraction of sp³-hybridized carbons (Fsp3) is 0.100. The fourth-order valence-corrected chi connectivity index (χ4v) is 4.00. The maximum Gasteiger partial charge on any atom is 0.358 e. The quantitative estimate of drug-likeness (QED) is 0.559. The van der Waals surface area contributed by atoms with E-state index in [0.717, 1.165) is 16.7 Å². The molecule has 3 rings (SSSR count). The normalized spacial score (nSPS) is 17.0. The highest BCUT2D eigenvalue weighted by atomic mass is 32.2. The van der Waals surface area contributed by atoms with Crippen molar-refractivity contribution in [3.05, 3.63) is 82.3 Å². The Balaban J connectivity index is 1.96. The molecule has 0 radical (unpaired) electrons. The molecule has 0 fully saturated rings. The third kappa shape index (κ3) is 4.13. The van der Waals surface area contributed by atoms with Gasteiger partial charge in [0.2, 0.25) is 0 Å². The molecule has 7 heteroatoms. The number of benzene rings is 2. The maximum atomic E-state index is 12.3. The third-order valence-corrected chi connectivity index (χ3v) is 5.88. The van der Waals surface area contributed by atoms with Crippen molar-refractivity contribution in [1.29, 1.82) is 5.26 Å². The molecule has 0 spiro atoms. The van der Waals surface area contributed by atoms with Crippen molar-refractivity contribution in [2.45, 2.75) is 18.7 Å². The zero-order chi connectivity index (χ0) is 19.4. The Hall–Kier alpha value is -2.82. The summed E-state index contributed by atoms with van der Waals surface area (Å²) in [7, 11) is -4.03. The molecule has 2 aromatic carbocycles. The van der Waals surface area contributed by atoms with Crippen molar-refractivity contribution < 1.29 is 12.7 Å². The minimum atomic E-state index is -4.03. The first kappa shape index (κ1) is 19.0. The summed E-state index contributed by atoms with van der Waals surface area (Å²) in [5.41, 5.74) is 3.62. The highest BCUT2D eigenvalue weighted by Crippen LogP contribution is 2.32. The van der Waals surface area contributed by atoms with Crippen LogP contribution in [0.5, 0.6) is 0 Å². The molecule has 0 bridgehead atoms. The fourth-order valence-electron chi connectivity index (χ4n) is 2.51. The number of thioether (sulfide) groups is 1. The van der Waals surface area contributed by atoms with Gasteiger partial charge in [0, 0.05) is 5.57 Å². The van der Waals surface area contributed by atoms with Crippen LogP contribution in [-0.4, -0.2) is 13.5 Å². The van der Waals surface area contributed by atoms with Gasteiger partial charge in [-0.05, 0) is 48.6 Å². The second-order valence-electron chi connectivity index (χ2n) is 5.87. The van der Waals surface area contributed by atoms with Gasteiger partial charge in [0.1, 0.15) is 16.0 Å². The molecule has 136 valence electrons. The van der Waals surface area contributed by atoms with Crippen LogP contribution in [0.4, 0.5) is 0 Å². The molecule has 0 N–H and O–H groups in total. The van der Waals surface area contributed by atoms with Crippen molar-refractivity contribution in [2.24, 2.45) is 5.16 Å². The first-order valence-corrected chi connectivity index (χ1v) is 10.3. The predicted molar refractivity (Wildman–Crippen MR) is 107 cm³/mol. The number of allylic oxidation sites excluding steroid dienone is 2. The topological polar surface area (TPSA) is 79.5 Å². The molecule has 2 aromatic rings. The Kier molecular flexibility index (Phi) is 5.49. The van der Waals surface area contributed by atoms with Crippen LogP contribution in [0, 0.1) is 25.2 Å². The van der Waals surface area contributed by atoms with E-state index >= 15 is 0 Å². The molecule has 1 aliphatic rings. The molecular weight excluding hydrogens is 380 g/mol. The number of nitrogens with zero attached hydrogens (tertiary/aromatic N) is 2. The Morgan fingerprint density at radius 1 is 1.11 bits per heavy atom. The van der Waals surface area contributed by atoms with Crippen LogP contribution in [0.2, 0.25) is 0 Å². The SMILES string of the molecule is Cc1ccc(S(=O)(=O)ON=C2SC=C/C2=C(/C#N)c2ccccc2C)cc1. The second kappa shape index (κ2) is 7.82. The summed E-state index contributed by atoms with van der Waals surface area (Å²) >= 11 is 1.20. The second-order valence-corrected chi connectivity index (χ2v) is 8.30. The maximum absolute atomic E-state index is 12.3. The summed E-state index contributed by atoms with van der Waals surface area (Å²) in [5.74, 6) is 0. The molecule has 0 saturated carbocycles. The zero-order valence-electron chi connectivity index (χ0n) is 14.7. The van der Waals surface area contributed by atoms with Crippen LogP contribution in [0.3, 0.4) is 0 Å². The van der Waals surface area contributed by atoms with E-state index in [9.17, 15) is 13.7 Å². The molecule has 5 nitrogen and oxygen atoms in total. The monoisotopic (exact) mass is 396 g/mol. The molecule has 0 atom stereocenters. The van der Waals surface area contributed by atoms with Gasteiger partial charge >= 0.3 is 10.1 Å². The summed E-state index contributed by atoms with van der Waals surface area (Å²) in [6.07, 6.45) is 1.73. The van der Waals surface area contributed by atoms with Crippen LogP contribution in [0.25, 0.3) is 5.57 Å². The van der Waals surface area contributed by atoms with Crippen LogP contribution in [0.1, 0.15) is 16.7 Å². The Bertz CT molecular complexity index is 1110. The average molecular weight is 396 g/mol. The standard InChI is InChI=1S/C20H16N2O3S2/c1-14-7-9-16(10-8-14)27(23,24)25-22-20-18(11-12-26-20)19(13-21)17-6-4-3-5-15(17)2/h3-12H,1-2H3/b19-18+,22-20?. The van der Waals surface area contributed by atoms with Crippen LogP contribution >= 0.6 is 11.8 Å². The van der Waals surface area contributed by atoms with Crippen molar-refractivity contribution in [3.8, 4) is 6.07 Å². The van der Waals surface area contributed by atoms with Gasteiger partial charge in [-0.1, -0.05) is 58.9 Å². The Morgan fingerprint density at radius 3 is 2.48 bits per heavy atom. The van der Waals surface area contributed by atoms with E-state index in [-0.39, 0.29) is 4.90 Å². The van der Waals surface area contributed by atoms with E-state index < -0.39 is 10.1 Å². The number of nitriles is 1. The molecule has 0 unspecified atom stereocenters. The van der Waals surface area contributed by atoms with Gasteiger partial charge < -0.3 is 0 Å². The molecule has 27 heavy (non-hydrogen) atoms. The minimum absolute atomic E-state index is 0.0262. The van der Waals surface area contributed by atoms with Gasteiger partial charge in [-0.25, -0.2) is 0 Å². The molecule has 1 heterocycles. The number of hydrogen-bond acceptors (Lipinski definition) is 6. The highest BCUT2D eigenvalue weighted by molar-refractivity contribution is 8.17. The van der Waals surface area contributed by atoms with E-state index in [0.29, 0.717) is 16.2 Å². The van der Waals surface area contributed by atoms with Crippen molar-refractivity contribution in [3.63, 3.8) is 0 Å². The summed E-state index contributed by atoms with van der Waals surface area (Å²) in [6, 6.07) is 16.0. The molecular formula is C20H16N2O3S2. The van der Waals surface area contributed by atoms with Gasteiger partial charge in [0.15, 0.2) is 0 Å². The van der Waals surface area contributed by atoms with Crippen LogP contribution in [0.15, 0.2) is 75.6 Å². The predicted octanol–water partition coefficient (Wildman–Crippen LogP) is 4.56. The number of oxime groups is 1. The van der Waals surface area contributed by atoms with Gasteiger partial charge in [-0.2, -0.15) is 13.7 Å². The van der Waals surface area contributed by atoms with E-state index in [4.69, 9.17) is 4.28 Å². The Morgan fingerprint density at radius 2 is 1.81 bits per heavy atom. The van der Waals surface area contributed by atoms with Crippen molar-refractivity contribution >= 4 is 32.5 Å². The third-order valence-electron chi connectivity index (χ3n) is 3.97. The number of rotatable bonds is 4. The van der Waals surface area contributed by atoms with Gasteiger partial charge in [-0.3, -0.25) is 4.28 Å². The molecule has 0 aliphatic carbocycles. The van der Waals surface area contributed by atoms with E-state index in [1.54, 1.807) is 23.6 Å². The molecule has 0 amide bonds. The lowest BCUT2D eigenvalue weighted by atomic mass is 9.97. The number of aryl methyl sites for hydroxylation is 2. The van der Waals surface area contributed by atoms with Crippen molar-refractivity contribution in [2.75, 3.05) is 0 Å². The van der Waals surface area contributed by atoms with E-state index in [2.05, 4.69) is 11.2 Å².